The molecule has 3 rings (SSSR count). The van der Waals surface area contributed by atoms with Crippen molar-refractivity contribution in [1.29, 1.82) is 0 Å². The van der Waals surface area contributed by atoms with Crippen LogP contribution in [-0.2, 0) is 13.1 Å². The molecule has 0 bridgehead atoms. The summed E-state index contributed by atoms with van der Waals surface area (Å²) in [4.78, 5) is 24.3. The Bertz CT molecular complexity index is 729. The van der Waals surface area contributed by atoms with Crippen molar-refractivity contribution >= 4 is 23.2 Å². The molecule has 1 aliphatic heterocycles. The number of nitro groups is 1. The molecular formula is C12H10ClN5O3. The van der Waals surface area contributed by atoms with Gasteiger partial charge in [0, 0.05) is 19.2 Å². The SMILES string of the molecule is O=C(c1cccc([N+](=O)[O-])c1Cl)N1CCn2cnnc2C1. The van der Waals surface area contributed by atoms with Crippen molar-refractivity contribution in [1.82, 2.24) is 19.7 Å². The van der Waals surface area contributed by atoms with Gasteiger partial charge in [-0.25, -0.2) is 0 Å². The molecule has 0 saturated heterocycles. The number of halogens is 1. The molecule has 0 unspecified atom stereocenters. The van der Waals surface area contributed by atoms with E-state index in [0.29, 0.717) is 25.5 Å². The Labute approximate surface area is 124 Å². The Morgan fingerprint density at radius 1 is 1.38 bits per heavy atom. The molecule has 0 atom stereocenters. The Balaban J connectivity index is 1.90. The van der Waals surface area contributed by atoms with E-state index in [9.17, 15) is 14.9 Å². The fourth-order valence-electron chi connectivity index (χ4n) is 2.24. The van der Waals surface area contributed by atoms with Crippen molar-refractivity contribution in [2.24, 2.45) is 0 Å². The van der Waals surface area contributed by atoms with Crippen molar-refractivity contribution in [2.45, 2.75) is 13.1 Å². The minimum atomic E-state index is -0.605. The van der Waals surface area contributed by atoms with Gasteiger partial charge < -0.3 is 9.47 Å². The van der Waals surface area contributed by atoms with Crippen molar-refractivity contribution in [3.05, 3.63) is 51.1 Å². The first-order chi connectivity index (χ1) is 10.1. The lowest BCUT2D eigenvalue weighted by Gasteiger charge is -2.27. The third-order valence-electron chi connectivity index (χ3n) is 3.33. The number of benzene rings is 1. The molecule has 0 N–H and O–H groups in total. The predicted molar refractivity (Wildman–Crippen MR) is 72.9 cm³/mol. The average Bonchev–Trinajstić information content (AvgIpc) is 2.93. The molecule has 2 aromatic rings. The van der Waals surface area contributed by atoms with Gasteiger partial charge in [0.25, 0.3) is 11.6 Å². The Kier molecular flexibility index (Phi) is 3.30. The first-order valence-corrected chi connectivity index (χ1v) is 6.54. The molecule has 1 amide bonds. The van der Waals surface area contributed by atoms with E-state index in [1.165, 1.54) is 18.2 Å². The van der Waals surface area contributed by atoms with Gasteiger partial charge >= 0.3 is 0 Å². The van der Waals surface area contributed by atoms with Gasteiger partial charge in [-0.2, -0.15) is 0 Å². The molecular weight excluding hydrogens is 298 g/mol. The van der Waals surface area contributed by atoms with Crippen LogP contribution >= 0.6 is 11.6 Å². The van der Waals surface area contributed by atoms with Gasteiger partial charge in [-0.15, -0.1) is 10.2 Å². The molecule has 21 heavy (non-hydrogen) atoms. The van der Waals surface area contributed by atoms with E-state index in [1.54, 1.807) is 11.2 Å². The Morgan fingerprint density at radius 3 is 2.95 bits per heavy atom. The highest BCUT2D eigenvalue weighted by Crippen LogP contribution is 2.29. The summed E-state index contributed by atoms with van der Waals surface area (Å²) in [5, 5.41) is 18.5. The number of rotatable bonds is 2. The van der Waals surface area contributed by atoms with E-state index in [0.717, 1.165) is 0 Å². The lowest BCUT2D eigenvalue weighted by atomic mass is 10.1. The number of amides is 1. The molecule has 1 aromatic heterocycles. The normalized spacial score (nSPS) is 13.9. The minimum absolute atomic E-state index is 0.124. The number of hydrogen-bond donors (Lipinski definition) is 0. The first kappa shape index (κ1) is 13.5. The second-order valence-electron chi connectivity index (χ2n) is 4.56. The van der Waals surface area contributed by atoms with Gasteiger partial charge in [-0.05, 0) is 6.07 Å². The van der Waals surface area contributed by atoms with Crippen LogP contribution in [0.15, 0.2) is 24.5 Å². The van der Waals surface area contributed by atoms with Crippen LogP contribution < -0.4 is 0 Å². The van der Waals surface area contributed by atoms with Gasteiger partial charge in [0.15, 0.2) is 5.82 Å². The summed E-state index contributed by atoms with van der Waals surface area (Å²) in [5.41, 5.74) is -0.151. The average molecular weight is 308 g/mol. The quantitative estimate of drug-likeness (QED) is 0.619. The predicted octanol–water partition coefficient (Wildman–Crippen LogP) is 1.50. The summed E-state index contributed by atoms with van der Waals surface area (Å²) in [7, 11) is 0. The van der Waals surface area contributed by atoms with Crippen LogP contribution in [0.3, 0.4) is 0 Å². The molecule has 1 aromatic carbocycles. The van der Waals surface area contributed by atoms with Gasteiger partial charge in [-0.3, -0.25) is 14.9 Å². The third-order valence-corrected chi connectivity index (χ3v) is 3.73. The second-order valence-corrected chi connectivity index (χ2v) is 4.94. The number of hydrogen-bond acceptors (Lipinski definition) is 5. The molecule has 0 fully saturated rings. The number of nitrogens with zero attached hydrogens (tertiary/aromatic N) is 5. The third kappa shape index (κ3) is 2.33. The van der Waals surface area contributed by atoms with Crippen LogP contribution in [0.25, 0.3) is 0 Å². The van der Waals surface area contributed by atoms with E-state index in [1.807, 2.05) is 4.57 Å². The van der Waals surface area contributed by atoms with E-state index in [-0.39, 0.29) is 22.2 Å². The number of carbonyl (C=O) groups is 1. The fraction of sp³-hybridized carbons (Fsp3) is 0.250. The van der Waals surface area contributed by atoms with Crippen molar-refractivity contribution in [3.8, 4) is 0 Å². The van der Waals surface area contributed by atoms with E-state index in [4.69, 9.17) is 11.6 Å². The molecule has 0 radical (unpaired) electrons. The first-order valence-electron chi connectivity index (χ1n) is 6.17. The van der Waals surface area contributed by atoms with Crippen molar-refractivity contribution < 1.29 is 9.72 Å². The summed E-state index contributed by atoms with van der Waals surface area (Å²) >= 11 is 5.97. The van der Waals surface area contributed by atoms with E-state index >= 15 is 0 Å². The summed E-state index contributed by atoms with van der Waals surface area (Å²) in [6, 6.07) is 4.20. The molecule has 8 nitrogen and oxygen atoms in total. The summed E-state index contributed by atoms with van der Waals surface area (Å²) < 4.78 is 1.86. The molecule has 2 heterocycles. The minimum Gasteiger partial charge on any atom is -0.329 e. The summed E-state index contributed by atoms with van der Waals surface area (Å²) in [6.45, 7) is 1.36. The van der Waals surface area contributed by atoms with Crippen molar-refractivity contribution in [3.63, 3.8) is 0 Å². The van der Waals surface area contributed by atoms with Crippen LogP contribution in [0.5, 0.6) is 0 Å². The summed E-state index contributed by atoms with van der Waals surface area (Å²) in [5.74, 6) is 0.328. The topological polar surface area (TPSA) is 94.2 Å². The smallest absolute Gasteiger partial charge is 0.288 e. The maximum Gasteiger partial charge on any atom is 0.288 e. The zero-order valence-corrected chi connectivity index (χ0v) is 11.5. The largest absolute Gasteiger partial charge is 0.329 e. The highest BCUT2D eigenvalue weighted by Gasteiger charge is 2.27. The number of nitro benzene ring substituents is 1. The molecule has 0 saturated carbocycles. The monoisotopic (exact) mass is 307 g/mol. The molecule has 0 aliphatic carbocycles. The Hall–Kier alpha value is -2.48. The number of carbonyl (C=O) groups excluding carboxylic acids is 1. The molecule has 1 aliphatic rings. The van der Waals surface area contributed by atoms with Gasteiger partial charge in [-0.1, -0.05) is 17.7 Å². The second kappa shape index (κ2) is 5.13. The maximum atomic E-state index is 12.5. The van der Waals surface area contributed by atoms with Crippen LogP contribution in [0.1, 0.15) is 16.2 Å². The van der Waals surface area contributed by atoms with Crippen molar-refractivity contribution in [2.75, 3.05) is 6.54 Å². The van der Waals surface area contributed by atoms with Crippen LogP contribution in [0, 0.1) is 10.1 Å². The Morgan fingerprint density at radius 2 is 2.19 bits per heavy atom. The van der Waals surface area contributed by atoms with E-state index in [2.05, 4.69) is 10.2 Å². The van der Waals surface area contributed by atoms with Gasteiger partial charge in [0.1, 0.15) is 11.3 Å². The number of aromatic nitrogens is 3. The zero-order valence-electron chi connectivity index (χ0n) is 10.8. The zero-order chi connectivity index (χ0) is 15.0. The number of fused-ring (bicyclic) bond motifs is 1. The maximum absolute atomic E-state index is 12.5. The van der Waals surface area contributed by atoms with Gasteiger partial charge in [0.2, 0.25) is 0 Å². The van der Waals surface area contributed by atoms with Gasteiger partial charge in [0.05, 0.1) is 17.0 Å². The van der Waals surface area contributed by atoms with Crippen LogP contribution in [0.4, 0.5) is 5.69 Å². The lowest BCUT2D eigenvalue weighted by molar-refractivity contribution is -0.384. The summed E-state index contributed by atoms with van der Waals surface area (Å²) in [6.07, 6.45) is 1.61. The lowest BCUT2D eigenvalue weighted by Crippen LogP contribution is -2.38. The standard InChI is InChI=1S/C12H10ClN5O3/c13-11-8(2-1-3-9(11)18(20)21)12(19)16-4-5-17-7-14-15-10(17)6-16/h1-3,7H,4-6H2. The molecule has 9 heteroatoms. The molecule has 0 spiro atoms. The fourth-order valence-corrected chi connectivity index (χ4v) is 2.51. The highest BCUT2D eigenvalue weighted by atomic mass is 35.5. The van der Waals surface area contributed by atoms with Crippen LogP contribution in [-0.4, -0.2) is 37.0 Å². The van der Waals surface area contributed by atoms with E-state index < -0.39 is 4.92 Å². The highest BCUT2D eigenvalue weighted by molar-refractivity contribution is 6.35. The molecule has 108 valence electrons. The van der Waals surface area contributed by atoms with Crippen LogP contribution in [0.2, 0.25) is 5.02 Å².